The zero-order valence-corrected chi connectivity index (χ0v) is 12.7. The normalized spacial score (nSPS) is 13.3. The van der Waals surface area contributed by atoms with Gasteiger partial charge in [0.2, 0.25) is 5.91 Å². The summed E-state index contributed by atoms with van der Waals surface area (Å²) in [5.41, 5.74) is 1.51. The molecular formula is C15H13FN6O2. The van der Waals surface area contributed by atoms with Gasteiger partial charge in [-0.25, -0.2) is 9.37 Å². The van der Waals surface area contributed by atoms with E-state index in [-0.39, 0.29) is 24.0 Å². The Balaban J connectivity index is 1.51. The van der Waals surface area contributed by atoms with Crippen LogP contribution < -0.4 is 10.2 Å². The molecule has 1 amide bonds. The van der Waals surface area contributed by atoms with Crippen molar-refractivity contribution in [1.29, 1.82) is 0 Å². The number of benzene rings is 1. The van der Waals surface area contributed by atoms with E-state index in [4.69, 9.17) is 4.42 Å². The highest BCUT2D eigenvalue weighted by Crippen LogP contribution is 2.21. The molecule has 122 valence electrons. The van der Waals surface area contributed by atoms with Gasteiger partial charge in [-0.3, -0.25) is 15.1 Å². The van der Waals surface area contributed by atoms with Crippen molar-refractivity contribution in [2.75, 3.05) is 23.9 Å². The van der Waals surface area contributed by atoms with Gasteiger partial charge in [-0.15, -0.1) is 0 Å². The Hall–Kier alpha value is -3.23. The van der Waals surface area contributed by atoms with Gasteiger partial charge in [-0.05, 0) is 12.1 Å². The molecule has 0 radical (unpaired) electrons. The van der Waals surface area contributed by atoms with Crippen LogP contribution >= 0.6 is 0 Å². The van der Waals surface area contributed by atoms with E-state index in [0.29, 0.717) is 12.2 Å². The van der Waals surface area contributed by atoms with Gasteiger partial charge in [0.05, 0.1) is 12.5 Å². The summed E-state index contributed by atoms with van der Waals surface area (Å²) in [6.07, 6.45) is 3.28. The van der Waals surface area contributed by atoms with E-state index >= 15 is 0 Å². The fourth-order valence-electron chi connectivity index (χ4n) is 2.52. The zero-order valence-electron chi connectivity index (χ0n) is 12.7. The van der Waals surface area contributed by atoms with Crippen LogP contribution in [0, 0.1) is 5.82 Å². The molecule has 2 aromatic heterocycles. The number of imidazole rings is 1. The summed E-state index contributed by atoms with van der Waals surface area (Å²) in [4.78, 5) is 26.7. The third-order valence-corrected chi connectivity index (χ3v) is 3.64. The van der Waals surface area contributed by atoms with Crippen molar-refractivity contribution in [2.45, 2.75) is 6.54 Å². The van der Waals surface area contributed by atoms with Crippen molar-refractivity contribution in [3.8, 4) is 0 Å². The molecule has 0 aliphatic carbocycles. The van der Waals surface area contributed by atoms with E-state index in [1.54, 1.807) is 17.1 Å². The second-order valence-corrected chi connectivity index (χ2v) is 5.41. The molecule has 1 aliphatic heterocycles. The molecule has 4 rings (SSSR count). The molecule has 24 heavy (non-hydrogen) atoms. The maximum atomic E-state index is 13.2. The van der Waals surface area contributed by atoms with Crippen LogP contribution in [0.1, 0.15) is 5.69 Å². The lowest BCUT2D eigenvalue weighted by molar-refractivity contribution is -0.116. The van der Waals surface area contributed by atoms with Crippen LogP contribution in [-0.2, 0) is 11.3 Å². The van der Waals surface area contributed by atoms with Gasteiger partial charge in [0.15, 0.2) is 11.4 Å². The van der Waals surface area contributed by atoms with Crippen molar-refractivity contribution in [2.24, 2.45) is 4.99 Å². The number of fused-ring (bicyclic) bond motifs is 2. The van der Waals surface area contributed by atoms with Crippen molar-refractivity contribution in [3.05, 3.63) is 36.0 Å². The Morgan fingerprint density at radius 1 is 1.46 bits per heavy atom. The zero-order chi connectivity index (χ0) is 16.7. The number of aromatic nitrogens is 3. The molecule has 9 heteroatoms. The van der Waals surface area contributed by atoms with Crippen LogP contribution in [0.5, 0.6) is 0 Å². The maximum Gasteiger partial charge on any atom is 0.302 e. The number of carbonyl (C=O) groups is 1. The van der Waals surface area contributed by atoms with Crippen molar-refractivity contribution in [3.63, 3.8) is 0 Å². The van der Waals surface area contributed by atoms with E-state index in [1.807, 2.05) is 11.9 Å². The minimum Gasteiger partial charge on any atom is -0.423 e. The number of nitrogens with zero attached hydrogens (tertiary/aromatic N) is 5. The Kier molecular flexibility index (Phi) is 3.26. The molecule has 0 atom stereocenters. The van der Waals surface area contributed by atoms with Gasteiger partial charge in [0.25, 0.3) is 0 Å². The monoisotopic (exact) mass is 328 g/mol. The smallest absolute Gasteiger partial charge is 0.302 e. The third-order valence-electron chi connectivity index (χ3n) is 3.64. The van der Waals surface area contributed by atoms with Crippen LogP contribution in [0.25, 0.3) is 11.1 Å². The molecule has 0 fully saturated rings. The summed E-state index contributed by atoms with van der Waals surface area (Å²) in [5.74, 6) is 0.0176. The van der Waals surface area contributed by atoms with Gasteiger partial charge >= 0.3 is 6.01 Å². The SMILES string of the molecule is CN1CN=Cc2c1ncn2CC(=O)Nc1nc2ccc(F)cc2o1. The number of anilines is 2. The molecule has 3 aromatic rings. The second-order valence-electron chi connectivity index (χ2n) is 5.41. The molecule has 1 N–H and O–H groups in total. The summed E-state index contributed by atoms with van der Waals surface area (Å²) in [6.45, 7) is 0.574. The average molecular weight is 328 g/mol. The van der Waals surface area contributed by atoms with Gasteiger partial charge in [0.1, 0.15) is 30.2 Å². The van der Waals surface area contributed by atoms with Crippen LogP contribution in [0.2, 0.25) is 0 Å². The number of hydrogen-bond acceptors (Lipinski definition) is 6. The lowest BCUT2D eigenvalue weighted by atomic mass is 10.3. The van der Waals surface area contributed by atoms with Crippen LogP contribution in [0.15, 0.2) is 33.9 Å². The third kappa shape index (κ3) is 2.49. The number of aliphatic imine (C=N–C) groups is 1. The van der Waals surface area contributed by atoms with E-state index in [1.165, 1.54) is 18.2 Å². The fraction of sp³-hybridized carbons (Fsp3) is 0.200. The number of halogens is 1. The summed E-state index contributed by atoms with van der Waals surface area (Å²) in [5, 5.41) is 2.56. The molecule has 1 aromatic carbocycles. The summed E-state index contributed by atoms with van der Waals surface area (Å²) in [6, 6.07) is 4.02. The fourth-order valence-corrected chi connectivity index (χ4v) is 2.52. The Morgan fingerprint density at radius 3 is 3.21 bits per heavy atom. The highest BCUT2D eigenvalue weighted by atomic mass is 19.1. The number of hydrogen-bond donors (Lipinski definition) is 1. The highest BCUT2D eigenvalue weighted by molar-refractivity contribution is 5.92. The molecular weight excluding hydrogens is 315 g/mol. The molecule has 3 heterocycles. The number of rotatable bonds is 3. The Morgan fingerprint density at radius 2 is 2.33 bits per heavy atom. The number of amides is 1. The van der Waals surface area contributed by atoms with Gasteiger partial charge < -0.3 is 13.9 Å². The minimum atomic E-state index is -0.426. The first-order valence-electron chi connectivity index (χ1n) is 7.22. The highest BCUT2D eigenvalue weighted by Gasteiger charge is 2.18. The lowest BCUT2D eigenvalue weighted by Crippen LogP contribution is -2.24. The van der Waals surface area contributed by atoms with E-state index in [2.05, 4.69) is 20.3 Å². The first-order valence-corrected chi connectivity index (χ1v) is 7.22. The van der Waals surface area contributed by atoms with E-state index in [0.717, 1.165) is 11.5 Å². The molecule has 0 unspecified atom stereocenters. The lowest BCUT2D eigenvalue weighted by Gasteiger charge is -2.18. The predicted octanol–water partition coefficient (Wildman–Crippen LogP) is 1.63. The van der Waals surface area contributed by atoms with Crippen LogP contribution in [-0.4, -0.2) is 40.4 Å². The molecule has 0 spiro atoms. The van der Waals surface area contributed by atoms with Gasteiger partial charge in [-0.1, -0.05) is 0 Å². The number of oxazole rings is 1. The van der Waals surface area contributed by atoms with E-state index < -0.39 is 5.82 Å². The van der Waals surface area contributed by atoms with Gasteiger partial charge in [-0.2, -0.15) is 4.98 Å². The first kappa shape index (κ1) is 14.4. The number of carbonyl (C=O) groups excluding carboxylic acids is 1. The van der Waals surface area contributed by atoms with Crippen molar-refractivity contribution < 1.29 is 13.6 Å². The van der Waals surface area contributed by atoms with Crippen molar-refractivity contribution >= 4 is 35.1 Å². The van der Waals surface area contributed by atoms with Crippen molar-refractivity contribution in [1.82, 2.24) is 14.5 Å². The second kappa shape index (κ2) is 5.44. The van der Waals surface area contributed by atoms with E-state index in [9.17, 15) is 9.18 Å². The standard InChI is InChI=1S/C15H13FN6O2/c1-21-7-17-5-11-14(21)18-8-22(11)6-13(23)20-15-19-10-3-2-9(16)4-12(10)24-15/h2-5,8H,6-7H2,1H3,(H,19,20,23). The predicted molar refractivity (Wildman–Crippen MR) is 85.7 cm³/mol. The topological polar surface area (TPSA) is 88.5 Å². The minimum absolute atomic E-state index is 0.0281. The molecule has 0 saturated carbocycles. The largest absolute Gasteiger partial charge is 0.423 e. The summed E-state index contributed by atoms with van der Waals surface area (Å²) >= 11 is 0. The van der Waals surface area contributed by atoms with Gasteiger partial charge in [0, 0.05) is 13.1 Å². The Labute approximate surface area is 135 Å². The van der Waals surface area contributed by atoms with Crippen LogP contribution in [0.4, 0.5) is 16.2 Å². The summed E-state index contributed by atoms with van der Waals surface area (Å²) < 4.78 is 20.2. The first-order chi connectivity index (χ1) is 11.6. The average Bonchev–Trinajstić information content (AvgIpc) is 3.11. The molecule has 0 bridgehead atoms. The molecule has 8 nitrogen and oxygen atoms in total. The molecule has 0 saturated heterocycles. The van der Waals surface area contributed by atoms with Crippen LogP contribution in [0.3, 0.4) is 0 Å². The molecule has 1 aliphatic rings. The quantitative estimate of drug-likeness (QED) is 0.789. The maximum absolute atomic E-state index is 13.2. The number of nitrogens with one attached hydrogen (secondary N) is 1. The Bertz CT molecular complexity index is 960. The summed E-state index contributed by atoms with van der Waals surface area (Å²) in [7, 11) is 1.88.